The molecule has 1 aromatic rings. The predicted molar refractivity (Wildman–Crippen MR) is 78.7 cm³/mol. The Morgan fingerprint density at radius 2 is 2.00 bits per heavy atom. The third kappa shape index (κ3) is 3.60. The van der Waals surface area contributed by atoms with Crippen LogP contribution in [0.5, 0.6) is 0 Å². The number of rotatable bonds is 4. The first-order chi connectivity index (χ1) is 10.4. The second kappa shape index (κ2) is 6.55. The molecule has 1 fully saturated rings. The van der Waals surface area contributed by atoms with Gasteiger partial charge in [-0.2, -0.15) is 0 Å². The van der Waals surface area contributed by atoms with Gasteiger partial charge in [0.15, 0.2) is 0 Å². The standard InChI is InChI=1S/C15H18N2O5/c1-10-2-3-12(9-13(10)17(21)22)15(20)16-6-4-11(5-7-16)8-14(18)19/h2-3,9,11H,4-8H2,1H3,(H,18,19). The van der Waals surface area contributed by atoms with Gasteiger partial charge in [-0.3, -0.25) is 19.7 Å². The Labute approximate surface area is 127 Å². The van der Waals surface area contributed by atoms with Crippen LogP contribution in [0.4, 0.5) is 5.69 Å². The lowest BCUT2D eigenvalue weighted by molar-refractivity contribution is -0.385. The number of hydrogen-bond acceptors (Lipinski definition) is 4. The highest BCUT2D eigenvalue weighted by molar-refractivity contribution is 5.95. The summed E-state index contributed by atoms with van der Waals surface area (Å²) < 4.78 is 0. The van der Waals surface area contributed by atoms with Crippen molar-refractivity contribution in [3.05, 3.63) is 39.4 Å². The first kappa shape index (κ1) is 15.9. The van der Waals surface area contributed by atoms with Gasteiger partial charge in [-0.1, -0.05) is 6.07 Å². The fraction of sp³-hybridized carbons (Fsp3) is 0.467. The Balaban J connectivity index is 2.05. The first-order valence-corrected chi connectivity index (χ1v) is 7.14. The van der Waals surface area contributed by atoms with Crippen molar-refractivity contribution in [2.75, 3.05) is 13.1 Å². The predicted octanol–water partition coefficient (Wildman–Crippen LogP) is 2.23. The first-order valence-electron chi connectivity index (χ1n) is 7.14. The molecule has 22 heavy (non-hydrogen) atoms. The fourth-order valence-electron chi connectivity index (χ4n) is 2.71. The molecular formula is C15H18N2O5. The molecule has 7 heteroatoms. The minimum Gasteiger partial charge on any atom is -0.481 e. The van der Waals surface area contributed by atoms with E-state index in [2.05, 4.69) is 0 Å². The van der Waals surface area contributed by atoms with Crippen LogP contribution < -0.4 is 0 Å². The quantitative estimate of drug-likeness (QED) is 0.679. The van der Waals surface area contributed by atoms with E-state index >= 15 is 0 Å². The van der Waals surface area contributed by atoms with Crippen molar-refractivity contribution in [2.45, 2.75) is 26.2 Å². The number of nitro groups is 1. The summed E-state index contributed by atoms with van der Waals surface area (Å²) in [5.74, 6) is -0.968. The number of likely N-dealkylation sites (tertiary alicyclic amines) is 1. The summed E-state index contributed by atoms with van der Waals surface area (Å²) >= 11 is 0. The van der Waals surface area contributed by atoms with Crippen LogP contribution >= 0.6 is 0 Å². The normalized spacial score (nSPS) is 15.6. The van der Waals surface area contributed by atoms with Crippen molar-refractivity contribution >= 4 is 17.6 Å². The molecule has 0 aliphatic carbocycles. The van der Waals surface area contributed by atoms with Crippen LogP contribution in [0.3, 0.4) is 0 Å². The number of carboxylic acids is 1. The molecule has 1 N–H and O–H groups in total. The third-order valence-corrected chi connectivity index (χ3v) is 4.02. The number of carboxylic acid groups (broad SMARTS) is 1. The molecule has 1 saturated heterocycles. The summed E-state index contributed by atoms with van der Waals surface area (Å²) in [7, 11) is 0. The van der Waals surface area contributed by atoms with Crippen LogP contribution in [0.15, 0.2) is 18.2 Å². The summed E-state index contributed by atoms with van der Waals surface area (Å²) in [5.41, 5.74) is 0.752. The highest BCUT2D eigenvalue weighted by Gasteiger charge is 2.26. The molecule has 0 atom stereocenters. The maximum atomic E-state index is 12.4. The molecule has 1 amide bonds. The SMILES string of the molecule is Cc1ccc(C(=O)N2CCC(CC(=O)O)CC2)cc1[N+](=O)[O-]. The van der Waals surface area contributed by atoms with Gasteiger partial charge in [0, 0.05) is 36.7 Å². The Bertz CT molecular complexity index is 606. The van der Waals surface area contributed by atoms with Gasteiger partial charge in [0.05, 0.1) is 4.92 Å². The number of carbonyl (C=O) groups excluding carboxylic acids is 1. The number of hydrogen-bond donors (Lipinski definition) is 1. The average molecular weight is 306 g/mol. The largest absolute Gasteiger partial charge is 0.481 e. The smallest absolute Gasteiger partial charge is 0.303 e. The summed E-state index contributed by atoms with van der Waals surface area (Å²) in [6, 6.07) is 4.47. The number of amides is 1. The Hall–Kier alpha value is -2.44. The molecule has 7 nitrogen and oxygen atoms in total. The van der Waals surface area contributed by atoms with Crippen LogP contribution in [0.1, 0.15) is 35.2 Å². The monoisotopic (exact) mass is 306 g/mol. The minimum atomic E-state index is -0.820. The number of piperidine rings is 1. The molecule has 0 bridgehead atoms. The second-order valence-corrected chi connectivity index (χ2v) is 5.59. The van der Waals surface area contributed by atoms with Gasteiger partial charge >= 0.3 is 5.97 Å². The van der Waals surface area contributed by atoms with Crippen molar-refractivity contribution in [3.8, 4) is 0 Å². The van der Waals surface area contributed by atoms with Gasteiger partial charge in [-0.05, 0) is 31.7 Å². The van der Waals surface area contributed by atoms with E-state index < -0.39 is 10.9 Å². The molecule has 2 rings (SSSR count). The van der Waals surface area contributed by atoms with Gasteiger partial charge < -0.3 is 10.0 Å². The molecule has 118 valence electrons. The minimum absolute atomic E-state index is 0.0633. The highest BCUT2D eigenvalue weighted by Crippen LogP contribution is 2.24. The zero-order valence-corrected chi connectivity index (χ0v) is 12.3. The van der Waals surface area contributed by atoms with E-state index in [1.54, 1.807) is 24.0 Å². The number of nitro benzene ring substituents is 1. The molecule has 1 aliphatic heterocycles. The van der Waals surface area contributed by atoms with Crippen molar-refractivity contribution in [1.82, 2.24) is 4.90 Å². The Morgan fingerprint density at radius 3 is 2.55 bits per heavy atom. The average Bonchev–Trinajstić information content (AvgIpc) is 2.47. The molecular weight excluding hydrogens is 288 g/mol. The number of benzene rings is 1. The maximum absolute atomic E-state index is 12.4. The van der Waals surface area contributed by atoms with Crippen molar-refractivity contribution in [1.29, 1.82) is 0 Å². The fourth-order valence-corrected chi connectivity index (χ4v) is 2.71. The second-order valence-electron chi connectivity index (χ2n) is 5.59. The van der Waals surface area contributed by atoms with E-state index in [0.29, 0.717) is 37.1 Å². The van der Waals surface area contributed by atoms with E-state index in [4.69, 9.17) is 5.11 Å². The van der Waals surface area contributed by atoms with E-state index in [9.17, 15) is 19.7 Å². The van der Waals surface area contributed by atoms with Crippen molar-refractivity contribution in [3.63, 3.8) is 0 Å². The zero-order chi connectivity index (χ0) is 16.3. The molecule has 1 heterocycles. The molecule has 0 unspecified atom stereocenters. The van der Waals surface area contributed by atoms with E-state index in [1.807, 2.05) is 0 Å². The molecule has 0 radical (unpaired) electrons. The van der Waals surface area contributed by atoms with E-state index in [0.717, 1.165) is 0 Å². The summed E-state index contributed by atoms with van der Waals surface area (Å²) in [5, 5.41) is 19.7. The van der Waals surface area contributed by atoms with E-state index in [1.165, 1.54) is 6.07 Å². The molecule has 1 aromatic carbocycles. The van der Waals surface area contributed by atoms with Gasteiger partial charge in [-0.25, -0.2) is 0 Å². The van der Waals surface area contributed by atoms with Gasteiger partial charge in [0.25, 0.3) is 11.6 Å². The van der Waals surface area contributed by atoms with E-state index in [-0.39, 0.29) is 23.9 Å². The van der Waals surface area contributed by atoms with Crippen LogP contribution in [0, 0.1) is 23.0 Å². The zero-order valence-electron chi connectivity index (χ0n) is 12.3. The van der Waals surface area contributed by atoms with Crippen molar-refractivity contribution in [2.24, 2.45) is 5.92 Å². The lowest BCUT2D eigenvalue weighted by atomic mass is 9.93. The summed E-state index contributed by atoms with van der Waals surface area (Å²) in [6.07, 6.45) is 1.41. The highest BCUT2D eigenvalue weighted by atomic mass is 16.6. The van der Waals surface area contributed by atoms with Crippen LogP contribution in [-0.2, 0) is 4.79 Å². The maximum Gasteiger partial charge on any atom is 0.303 e. The van der Waals surface area contributed by atoms with Gasteiger partial charge in [0.2, 0.25) is 0 Å². The molecule has 0 saturated carbocycles. The molecule has 0 spiro atoms. The number of aryl methyl sites for hydroxylation is 1. The Morgan fingerprint density at radius 1 is 1.36 bits per heavy atom. The van der Waals surface area contributed by atoms with Crippen molar-refractivity contribution < 1.29 is 19.6 Å². The van der Waals surface area contributed by atoms with Gasteiger partial charge in [0.1, 0.15) is 0 Å². The Kier molecular flexibility index (Phi) is 4.75. The summed E-state index contributed by atoms with van der Waals surface area (Å²) in [4.78, 5) is 35.2. The van der Waals surface area contributed by atoms with Gasteiger partial charge in [-0.15, -0.1) is 0 Å². The van der Waals surface area contributed by atoms with Crippen LogP contribution in [0.2, 0.25) is 0 Å². The molecule has 0 aromatic heterocycles. The molecule has 1 aliphatic rings. The summed E-state index contributed by atoms with van der Waals surface area (Å²) in [6.45, 7) is 2.60. The number of aliphatic carboxylic acids is 1. The third-order valence-electron chi connectivity index (χ3n) is 4.02. The van der Waals surface area contributed by atoms with Crippen LogP contribution in [-0.4, -0.2) is 39.9 Å². The number of nitrogens with zero attached hydrogens (tertiary/aromatic N) is 2. The van der Waals surface area contributed by atoms with Crippen LogP contribution in [0.25, 0.3) is 0 Å². The number of carbonyl (C=O) groups is 2. The topological polar surface area (TPSA) is 101 Å². The lowest BCUT2D eigenvalue weighted by Crippen LogP contribution is -2.38. The lowest BCUT2D eigenvalue weighted by Gasteiger charge is -2.31.